The maximum Gasteiger partial charge on any atom is 0.223 e. The average molecular weight is 396 g/mol. The van der Waals surface area contributed by atoms with Crippen molar-refractivity contribution in [2.75, 3.05) is 13.7 Å². The summed E-state index contributed by atoms with van der Waals surface area (Å²) in [6, 6.07) is 24.3. The highest BCUT2D eigenvalue weighted by atomic mass is 31.2. The Kier molecular flexibility index (Phi) is 6.24. The molecule has 0 heterocycles. The van der Waals surface area contributed by atoms with E-state index in [1.807, 2.05) is 36.4 Å². The third-order valence-electron chi connectivity index (χ3n) is 4.43. The Morgan fingerprint density at radius 1 is 0.929 bits per heavy atom. The van der Waals surface area contributed by atoms with Crippen molar-refractivity contribution < 1.29 is 14.2 Å². The van der Waals surface area contributed by atoms with Crippen molar-refractivity contribution in [1.29, 1.82) is 0 Å². The fourth-order valence-corrected chi connectivity index (χ4v) is 5.45. The van der Waals surface area contributed by atoms with Crippen LogP contribution in [0.4, 0.5) is 0 Å². The van der Waals surface area contributed by atoms with E-state index in [4.69, 9.17) is 4.74 Å². The highest BCUT2D eigenvalue weighted by molar-refractivity contribution is 7.76. The molecule has 7 heteroatoms. The van der Waals surface area contributed by atoms with Crippen LogP contribution in [0.5, 0.6) is 5.75 Å². The Bertz CT molecular complexity index is 919. The molecule has 3 aromatic carbocycles. The number of ether oxygens (including phenoxy) is 1. The first-order chi connectivity index (χ1) is 13.5. The van der Waals surface area contributed by atoms with E-state index in [2.05, 4.69) is 5.09 Å². The smallest absolute Gasteiger partial charge is 0.223 e. The van der Waals surface area contributed by atoms with E-state index >= 15 is 0 Å². The first-order valence-corrected chi connectivity index (χ1v) is 10.5. The van der Waals surface area contributed by atoms with Gasteiger partial charge in [-0.25, -0.2) is 5.09 Å². The van der Waals surface area contributed by atoms with Crippen molar-refractivity contribution in [2.45, 2.75) is 6.04 Å². The van der Waals surface area contributed by atoms with Gasteiger partial charge in [0.05, 0.1) is 7.11 Å². The van der Waals surface area contributed by atoms with Crippen LogP contribution < -0.4 is 20.4 Å². The summed E-state index contributed by atoms with van der Waals surface area (Å²) >= 11 is 0. The molecule has 1 atom stereocenters. The van der Waals surface area contributed by atoms with Crippen LogP contribution in [0.2, 0.25) is 0 Å². The molecule has 3 aromatic rings. The Morgan fingerprint density at radius 3 is 1.86 bits per heavy atom. The van der Waals surface area contributed by atoms with Crippen molar-refractivity contribution in [1.82, 2.24) is 5.09 Å². The number of methoxy groups -OCH3 is 1. The highest BCUT2D eigenvalue weighted by Crippen LogP contribution is 2.41. The summed E-state index contributed by atoms with van der Waals surface area (Å²) in [5.74, 6) is 0.651. The molecule has 0 fully saturated rings. The molecule has 0 aliphatic rings. The van der Waals surface area contributed by atoms with Gasteiger partial charge in [0, 0.05) is 15.5 Å². The van der Waals surface area contributed by atoms with Gasteiger partial charge >= 0.3 is 0 Å². The Balaban J connectivity index is 2.05. The van der Waals surface area contributed by atoms with Crippen LogP contribution in [0.15, 0.2) is 84.9 Å². The normalized spacial score (nSPS) is 12.3. The summed E-state index contributed by atoms with van der Waals surface area (Å²) in [5.41, 5.74) is 0.671. The summed E-state index contributed by atoms with van der Waals surface area (Å²) in [7, 11) is -1.75. The zero-order valence-electron chi connectivity index (χ0n) is 15.4. The molecule has 0 aliphatic heterocycles. The molecule has 0 saturated carbocycles. The molecule has 0 radical (unpaired) electrons. The minimum atomic E-state index is -3.31. The van der Waals surface area contributed by atoms with Gasteiger partial charge < -0.3 is 4.74 Å². The van der Waals surface area contributed by atoms with E-state index in [1.165, 1.54) is 0 Å². The van der Waals surface area contributed by atoms with Gasteiger partial charge in [-0.1, -0.05) is 48.5 Å². The zero-order valence-corrected chi connectivity index (χ0v) is 16.3. The molecule has 0 aromatic heterocycles. The summed E-state index contributed by atoms with van der Waals surface area (Å²) in [6.45, 7) is -0.393. The van der Waals surface area contributed by atoms with E-state index in [9.17, 15) is 14.7 Å². The summed E-state index contributed by atoms with van der Waals surface area (Å²) in [5, 5.41) is 15.6. The molecule has 0 saturated heterocycles. The SMILES string of the molecule is COc1ccc(C(C[N+](=O)[O-])NP(=O)(c2ccccc2)c2ccccc2)cc1. The molecular formula is C21H21N2O4P. The molecule has 1 N–H and O–H groups in total. The molecule has 144 valence electrons. The maximum absolute atomic E-state index is 14.1. The summed E-state index contributed by atoms with van der Waals surface area (Å²) < 4.78 is 19.3. The molecule has 1 unspecified atom stereocenters. The Hall–Kier alpha value is -2.95. The van der Waals surface area contributed by atoms with Crippen LogP contribution in [-0.4, -0.2) is 18.6 Å². The van der Waals surface area contributed by atoms with Gasteiger partial charge in [-0.15, -0.1) is 0 Å². The summed E-state index contributed by atoms with van der Waals surface area (Å²) in [4.78, 5) is 10.9. The van der Waals surface area contributed by atoms with Crippen LogP contribution in [0.25, 0.3) is 0 Å². The van der Waals surface area contributed by atoms with Crippen LogP contribution in [-0.2, 0) is 4.57 Å². The van der Waals surface area contributed by atoms with Crippen molar-refractivity contribution >= 4 is 17.9 Å². The minimum absolute atomic E-state index is 0.393. The van der Waals surface area contributed by atoms with Gasteiger partial charge in [0.2, 0.25) is 13.8 Å². The topological polar surface area (TPSA) is 81.5 Å². The van der Waals surface area contributed by atoms with Crippen molar-refractivity contribution in [3.05, 3.63) is 101 Å². The van der Waals surface area contributed by atoms with Crippen LogP contribution in [0, 0.1) is 10.1 Å². The lowest BCUT2D eigenvalue weighted by atomic mass is 10.1. The lowest BCUT2D eigenvalue weighted by Gasteiger charge is -2.25. The fraction of sp³-hybridized carbons (Fsp3) is 0.143. The molecule has 3 rings (SSSR count). The number of hydrogen-bond acceptors (Lipinski definition) is 4. The quantitative estimate of drug-likeness (QED) is 0.358. The zero-order chi connectivity index (χ0) is 20.0. The van der Waals surface area contributed by atoms with Gasteiger partial charge in [-0.2, -0.15) is 0 Å². The molecule has 28 heavy (non-hydrogen) atoms. The molecular weight excluding hydrogens is 375 g/mol. The predicted molar refractivity (Wildman–Crippen MR) is 110 cm³/mol. The molecule has 0 amide bonds. The standard InChI is InChI=1S/C21H21N2O4P/c1-27-18-14-12-17(13-15-18)21(16-23(24)25)22-28(26,19-8-4-2-5-9-19)20-10-6-3-7-11-20/h2-15,21H,16H2,1H3,(H,22,26). The van der Waals surface area contributed by atoms with E-state index in [-0.39, 0.29) is 0 Å². The monoisotopic (exact) mass is 396 g/mol. The number of nitrogens with zero attached hydrogens (tertiary/aromatic N) is 1. The number of nitro groups is 1. The van der Waals surface area contributed by atoms with E-state index in [0.29, 0.717) is 21.9 Å². The first-order valence-electron chi connectivity index (χ1n) is 8.78. The molecule has 6 nitrogen and oxygen atoms in total. The van der Waals surface area contributed by atoms with Gasteiger partial charge in [0.15, 0.2) is 0 Å². The van der Waals surface area contributed by atoms with E-state index < -0.39 is 24.8 Å². The van der Waals surface area contributed by atoms with Crippen LogP contribution in [0.3, 0.4) is 0 Å². The van der Waals surface area contributed by atoms with Crippen molar-refractivity contribution in [2.24, 2.45) is 0 Å². The lowest BCUT2D eigenvalue weighted by Crippen LogP contribution is -2.33. The molecule has 0 bridgehead atoms. The lowest BCUT2D eigenvalue weighted by molar-refractivity contribution is -0.483. The Labute approximate surface area is 163 Å². The number of nitrogens with one attached hydrogen (secondary N) is 1. The third kappa shape index (κ3) is 4.47. The largest absolute Gasteiger partial charge is 0.497 e. The van der Waals surface area contributed by atoms with Gasteiger partial charge in [-0.05, 0) is 42.0 Å². The average Bonchev–Trinajstić information content (AvgIpc) is 2.74. The van der Waals surface area contributed by atoms with Gasteiger partial charge in [0.25, 0.3) is 0 Å². The predicted octanol–water partition coefficient (Wildman–Crippen LogP) is 3.53. The van der Waals surface area contributed by atoms with Crippen molar-refractivity contribution in [3.63, 3.8) is 0 Å². The fourth-order valence-electron chi connectivity index (χ4n) is 3.00. The second-order valence-electron chi connectivity index (χ2n) is 6.25. The van der Waals surface area contributed by atoms with Crippen LogP contribution in [0.1, 0.15) is 11.6 Å². The van der Waals surface area contributed by atoms with Gasteiger partial charge in [-0.3, -0.25) is 14.7 Å². The third-order valence-corrected chi connectivity index (χ3v) is 7.15. The van der Waals surface area contributed by atoms with Gasteiger partial charge in [0.1, 0.15) is 11.8 Å². The maximum atomic E-state index is 14.1. The molecule has 0 spiro atoms. The number of hydrogen-bond donors (Lipinski definition) is 1. The number of rotatable bonds is 8. The number of benzene rings is 3. The van der Waals surface area contributed by atoms with Crippen molar-refractivity contribution in [3.8, 4) is 5.75 Å². The second-order valence-corrected chi connectivity index (χ2v) is 8.76. The van der Waals surface area contributed by atoms with Crippen LogP contribution >= 0.6 is 7.29 Å². The highest BCUT2D eigenvalue weighted by Gasteiger charge is 2.32. The molecule has 0 aliphatic carbocycles. The Morgan fingerprint density at radius 2 is 1.43 bits per heavy atom. The van der Waals surface area contributed by atoms with E-state index in [1.54, 1.807) is 55.6 Å². The second kappa shape index (κ2) is 8.83. The minimum Gasteiger partial charge on any atom is -0.497 e. The summed E-state index contributed by atoms with van der Waals surface area (Å²) in [6.07, 6.45) is 0. The van der Waals surface area contributed by atoms with E-state index in [0.717, 1.165) is 0 Å². The first kappa shape index (κ1) is 19.8.